The maximum Gasteiger partial charge on any atom is 0.275 e. The van der Waals surface area contributed by atoms with Crippen LogP contribution in [0.2, 0.25) is 0 Å². The third-order valence-corrected chi connectivity index (χ3v) is 5.45. The van der Waals surface area contributed by atoms with E-state index in [1.807, 2.05) is 60.9 Å². The van der Waals surface area contributed by atoms with E-state index in [0.29, 0.717) is 17.0 Å². The Morgan fingerprint density at radius 3 is 2.48 bits per heavy atom. The Hall–Kier alpha value is -4.46. The van der Waals surface area contributed by atoms with E-state index < -0.39 is 4.92 Å². The molecule has 0 aliphatic rings. The molecule has 1 heterocycles. The molecule has 4 rings (SSSR count). The minimum absolute atomic E-state index is 0.0202. The van der Waals surface area contributed by atoms with Gasteiger partial charge in [-0.05, 0) is 48.9 Å². The molecule has 0 saturated carbocycles. The number of rotatable bonds is 6. The van der Waals surface area contributed by atoms with Crippen LogP contribution in [0, 0.1) is 24.0 Å². The second-order valence-electron chi connectivity index (χ2n) is 7.54. The number of aryl methyl sites for hydroxylation is 1. The van der Waals surface area contributed by atoms with Crippen LogP contribution in [0.1, 0.15) is 27.3 Å². The Kier molecular flexibility index (Phi) is 5.91. The summed E-state index contributed by atoms with van der Waals surface area (Å²) >= 11 is 0. The number of nitro groups is 1. The van der Waals surface area contributed by atoms with Crippen LogP contribution in [0.5, 0.6) is 5.75 Å². The van der Waals surface area contributed by atoms with Crippen molar-refractivity contribution < 1.29 is 14.5 Å². The van der Waals surface area contributed by atoms with Crippen molar-refractivity contribution in [2.24, 2.45) is 5.10 Å². The summed E-state index contributed by atoms with van der Waals surface area (Å²) in [5.41, 5.74) is 6.16. The highest BCUT2D eigenvalue weighted by molar-refractivity contribution is 6.02. The lowest BCUT2D eigenvalue weighted by Crippen LogP contribution is -2.18. The standard InChI is InChI=1S/C25H22N4O4/c1-16-11-20(17(2)28(16)21-9-6-10-22(14-21)29(31)32)15-26-27-25(30)23-12-18-7-4-5-8-19(18)13-24(23)33-3/h4-15H,1-3H3,(H,27,30)/b26-15-. The first-order valence-corrected chi connectivity index (χ1v) is 10.2. The van der Waals surface area contributed by atoms with E-state index in [9.17, 15) is 14.9 Å². The van der Waals surface area contributed by atoms with Gasteiger partial charge in [0.1, 0.15) is 5.75 Å². The summed E-state index contributed by atoms with van der Waals surface area (Å²) < 4.78 is 7.29. The molecule has 1 aromatic heterocycles. The topological polar surface area (TPSA) is 98.8 Å². The molecule has 0 unspecified atom stereocenters. The van der Waals surface area contributed by atoms with Crippen LogP contribution in [0.25, 0.3) is 16.5 Å². The molecule has 33 heavy (non-hydrogen) atoms. The number of non-ortho nitro benzene ring substituents is 1. The van der Waals surface area contributed by atoms with Crippen LogP contribution in [0.4, 0.5) is 5.69 Å². The fourth-order valence-electron chi connectivity index (χ4n) is 3.85. The average Bonchev–Trinajstić information content (AvgIpc) is 3.10. The Labute approximate surface area is 190 Å². The predicted octanol–water partition coefficient (Wildman–Crippen LogP) is 4.93. The number of amides is 1. The van der Waals surface area contributed by atoms with Gasteiger partial charge in [0.05, 0.1) is 29.5 Å². The summed E-state index contributed by atoms with van der Waals surface area (Å²) in [5, 5.41) is 17.2. The third-order valence-electron chi connectivity index (χ3n) is 5.45. The van der Waals surface area contributed by atoms with Gasteiger partial charge in [-0.2, -0.15) is 5.10 Å². The number of methoxy groups -OCH3 is 1. The van der Waals surface area contributed by atoms with Crippen molar-refractivity contribution in [2.45, 2.75) is 13.8 Å². The number of ether oxygens (including phenoxy) is 1. The third kappa shape index (κ3) is 4.31. The second-order valence-corrected chi connectivity index (χ2v) is 7.54. The van der Waals surface area contributed by atoms with Crippen molar-refractivity contribution in [1.29, 1.82) is 0 Å². The molecule has 0 aliphatic heterocycles. The summed E-state index contributed by atoms with van der Waals surface area (Å²) in [4.78, 5) is 23.5. The van der Waals surface area contributed by atoms with E-state index in [2.05, 4.69) is 10.5 Å². The zero-order chi connectivity index (χ0) is 23.5. The fraction of sp³-hybridized carbons (Fsp3) is 0.120. The molecule has 0 saturated heterocycles. The SMILES string of the molecule is COc1cc2ccccc2cc1C(=O)N/N=C\c1cc(C)n(-c2cccc([N+](=O)[O-])c2)c1C. The molecule has 4 aromatic rings. The van der Waals surface area contributed by atoms with Gasteiger partial charge in [-0.15, -0.1) is 0 Å². The first-order valence-electron chi connectivity index (χ1n) is 10.2. The van der Waals surface area contributed by atoms with Crippen LogP contribution in [-0.4, -0.2) is 28.7 Å². The number of nitro benzene ring substituents is 1. The number of hydrazone groups is 1. The maximum atomic E-state index is 12.8. The fourth-order valence-corrected chi connectivity index (χ4v) is 3.85. The quantitative estimate of drug-likeness (QED) is 0.260. The summed E-state index contributed by atoms with van der Waals surface area (Å²) in [6.07, 6.45) is 1.56. The van der Waals surface area contributed by atoms with Crippen LogP contribution in [0.15, 0.2) is 71.8 Å². The van der Waals surface area contributed by atoms with E-state index in [1.54, 1.807) is 18.3 Å². The first kappa shape index (κ1) is 21.8. The minimum Gasteiger partial charge on any atom is -0.496 e. The number of carbonyl (C=O) groups excluding carboxylic acids is 1. The zero-order valence-corrected chi connectivity index (χ0v) is 18.4. The molecule has 0 bridgehead atoms. The van der Waals surface area contributed by atoms with E-state index in [1.165, 1.54) is 19.2 Å². The maximum absolute atomic E-state index is 12.8. The Balaban J connectivity index is 1.58. The number of benzene rings is 3. The average molecular weight is 442 g/mol. The van der Waals surface area contributed by atoms with E-state index in [-0.39, 0.29) is 11.6 Å². The highest BCUT2D eigenvalue weighted by Crippen LogP contribution is 2.26. The van der Waals surface area contributed by atoms with Crippen molar-refractivity contribution in [2.75, 3.05) is 7.11 Å². The molecule has 0 radical (unpaired) electrons. The van der Waals surface area contributed by atoms with Gasteiger partial charge in [0, 0.05) is 29.1 Å². The van der Waals surface area contributed by atoms with Crippen molar-refractivity contribution >= 4 is 28.6 Å². The van der Waals surface area contributed by atoms with Crippen molar-refractivity contribution in [3.8, 4) is 11.4 Å². The van der Waals surface area contributed by atoms with Gasteiger partial charge in [0.15, 0.2) is 0 Å². The monoisotopic (exact) mass is 442 g/mol. The molecule has 1 N–H and O–H groups in total. The van der Waals surface area contributed by atoms with Gasteiger partial charge in [-0.25, -0.2) is 5.43 Å². The summed E-state index contributed by atoms with van der Waals surface area (Å²) in [6.45, 7) is 3.79. The molecule has 8 nitrogen and oxygen atoms in total. The summed E-state index contributed by atoms with van der Waals surface area (Å²) in [6, 6.07) is 19.6. The molecular formula is C25H22N4O4. The highest BCUT2D eigenvalue weighted by atomic mass is 16.6. The van der Waals surface area contributed by atoms with E-state index in [0.717, 1.165) is 27.7 Å². The van der Waals surface area contributed by atoms with Gasteiger partial charge in [0.25, 0.3) is 11.6 Å². The lowest BCUT2D eigenvalue weighted by molar-refractivity contribution is -0.384. The minimum atomic E-state index is -0.420. The number of hydrogen-bond acceptors (Lipinski definition) is 5. The number of nitrogens with zero attached hydrogens (tertiary/aromatic N) is 3. The molecule has 0 fully saturated rings. The van der Waals surface area contributed by atoms with Gasteiger partial charge < -0.3 is 9.30 Å². The molecule has 8 heteroatoms. The van der Waals surface area contributed by atoms with Crippen LogP contribution in [-0.2, 0) is 0 Å². The Morgan fingerprint density at radius 2 is 1.79 bits per heavy atom. The first-order chi connectivity index (χ1) is 15.9. The second kappa shape index (κ2) is 8.96. The smallest absolute Gasteiger partial charge is 0.275 e. The molecule has 0 atom stereocenters. The molecule has 0 aliphatic carbocycles. The molecule has 3 aromatic carbocycles. The Morgan fingerprint density at radius 1 is 1.06 bits per heavy atom. The molecule has 166 valence electrons. The lowest BCUT2D eigenvalue weighted by Gasteiger charge is -2.09. The van der Waals surface area contributed by atoms with E-state index >= 15 is 0 Å². The molecule has 0 spiro atoms. The number of aromatic nitrogens is 1. The number of carbonyl (C=O) groups is 1. The lowest BCUT2D eigenvalue weighted by atomic mass is 10.1. The van der Waals surface area contributed by atoms with Gasteiger partial charge in [0.2, 0.25) is 0 Å². The van der Waals surface area contributed by atoms with Crippen molar-refractivity contribution in [3.05, 3.63) is 99.4 Å². The van der Waals surface area contributed by atoms with Gasteiger partial charge in [-0.1, -0.05) is 30.3 Å². The largest absolute Gasteiger partial charge is 0.496 e. The number of hydrogen-bond donors (Lipinski definition) is 1. The predicted molar refractivity (Wildman–Crippen MR) is 127 cm³/mol. The zero-order valence-electron chi connectivity index (χ0n) is 18.4. The van der Waals surface area contributed by atoms with Gasteiger partial charge >= 0.3 is 0 Å². The summed E-state index contributed by atoms with van der Waals surface area (Å²) in [5.74, 6) is 0.0756. The van der Waals surface area contributed by atoms with Crippen LogP contribution >= 0.6 is 0 Å². The number of fused-ring (bicyclic) bond motifs is 1. The Bertz CT molecular complexity index is 1410. The molecular weight excluding hydrogens is 420 g/mol. The highest BCUT2D eigenvalue weighted by Gasteiger charge is 2.15. The van der Waals surface area contributed by atoms with E-state index in [4.69, 9.17) is 4.74 Å². The van der Waals surface area contributed by atoms with Crippen molar-refractivity contribution in [1.82, 2.24) is 9.99 Å². The van der Waals surface area contributed by atoms with Crippen LogP contribution < -0.4 is 10.2 Å². The van der Waals surface area contributed by atoms with Crippen LogP contribution in [0.3, 0.4) is 0 Å². The molecule has 1 amide bonds. The number of nitrogens with one attached hydrogen (secondary N) is 1. The van der Waals surface area contributed by atoms with Gasteiger partial charge in [-0.3, -0.25) is 14.9 Å². The normalized spacial score (nSPS) is 11.1. The van der Waals surface area contributed by atoms with Crippen molar-refractivity contribution in [3.63, 3.8) is 0 Å². The summed E-state index contributed by atoms with van der Waals surface area (Å²) in [7, 11) is 1.52.